The first-order valence-electron chi connectivity index (χ1n) is 6.64. The molecule has 6 nitrogen and oxygen atoms in total. The fourth-order valence-electron chi connectivity index (χ4n) is 2.22. The summed E-state index contributed by atoms with van der Waals surface area (Å²) in [6.07, 6.45) is 0. The third-order valence-corrected chi connectivity index (χ3v) is 3.23. The van der Waals surface area contributed by atoms with Crippen molar-refractivity contribution in [3.63, 3.8) is 0 Å². The quantitative estimate of drug-likeness (QED) is 0.442. The number of nitrogens with one attached hydrogen (secondary N) is 2. The van der Waals surface area contributed by atoms with Crippen LogP contribution in [0.5, 0.6) is 0 Å². The van der Waals surface area contributed by atoms with Gasteiger partial charge < -0.3 is 10.7 Å². The number of anilines is 3. The monoisotopic (exact) mass is 286 g/mol. The number of nitro benzene ring substituents is 1. The molecule has 2 rings (SSSR count). The van der Waals surface area contributed by atoms with Crippen molar-refractivity contribution in [2.24, 2.45) is 5.84 Å². The van der Waals surface area contributed by atoms with Crippen LogP contribution in [-0.4, -0.2) is 4.92 Å². The van der Waals surface area contributed by atoms with Gasteiger partial charge in [-0.25, -0.2) is 0 Å². The summed E-state index contributed by atoms with van der Waals surface area (Å²) in [4.78, 5) is 10.8. The summed E-state index contributed by atoms with van der Waals surface area (Å²) in [5.74, 6) is 5.66. The summed E-state index contributed by atoms with van der Waals surface area (Å²) < 4.78 is 0. The Kier molecular flexibility index (Phi) is 4.39. The summed E-state index contributed by atoms with van der Waals surface area (Å²) in [5.41, 5.74) is 4.91. The van der Waals surface area contributed by atoms with Crippen molar-refractivity contribution in [2.75, 3.05) is 10.7 Å². The normalized spacial score (nSPS) is 10.5. The number of hydrazine groups is 1. The Morgan fingerprint density at radius 1 is 1.05 bits per heavy atom. The van der Waals surface area contributed by atoms with Crippen LogP contribution in [0.2, 0.25) is 0 Å². The van der Waals surface area contributed by atoms with E-state index in [9.17, 15) is 10.1 Å². The molecular weight excluding hydrogens is 268 g/mol. The molecule has 0 aliphatic rings. The first kappa shape index (κ1) is 14.8. The van der Waals surface area contributed by atoms with E-state index in [0.717, 1.165) is 11.3 Å². The van der Waals surface area contributed by atoms with Crippen molar-refractivity contribution in [3.8, 4) is 0 Å². The second-order valence-electron chi connectivity index (χ2n) is 4.97. The molecule has 0 heterocycles. The maximum absolute atomic E-state index is 11.3. The second-order valence-corrected chi connectivity index (χ2v) is 4.97. The van der Waals surface area contributed by atoms with E-state index in [-0.39, 0.29) is 11.4 Å². The number of nitrogens with two attached hydrogens (primary N) is 1. The smallest absolute Gasteiger partial charge is 0.316 e. The summed E-state index contributed by atoms with van der Waals surface area (Å²) in [7, 11) is 0. The Bertz CT molecular complexity index is 656. The highest BCUT2D eigenvalue weighted by atomic mass is 16.6. The van der Waals surface area contributed by atoms with Crippen LogP contribution >= 0.6 is 0 Å². The lowest BCUT2D eigenvalue weighted by atomic mass is 10.0. The molecule has 0 fully saturated rings. The van der Waals surface area contributed by atoms with Crippen LogP contribution in [-0.2, 0) is 0 Å². The largest absolute Gasteiger partial charge is 0.350 e. The van der Waals surface area contributed by atoms with Gasteiger partial charge in [0.1, 0.15) is 11.4 Å². The number of para-hydroxylation sites is 2. The van der Waals surface area contributed by atoms with Gasteiger partial charge in [-0.15, -0.1) is 0 Å². The number of nitrogen functional groups attached to an aromatic ring is 1. The molecule has 0 aliphatic carbocycles. The molecule has 0 aromatic heterocycles. The minimum Gasteiger partial charge on any atom is -0.350 e. The number of nitrogens with zero attached hydrogens (tertiary/aromatic N) is 1. The SMILES string of the molecule is CC(C)c1ccccc1Nc1cccc(NN)c1[N+](=O)[O-]. The highest BCUT2D eigenvalue weighted by molar-refractivity contribution is 5.80. The summed E-state index contributed by atoms with van der Waals surface area (Å²) in [5, 5.41) is 14.4. The summed E-state index contributed by atoms with van der Waals surface area (Å²) >= 11 is 0. The Balaban J connectivity index is 2.48. The van der Waals surface area contributed by atoms with Gasteiger partial charge in [0.2, 0.25) is 0 Å². The van der Waals surface area contributed by atoms with Crippen molar-refractivity contribution in [2.45, 2.75) is 19.8 Å². The van der Waals surface area contributed by atoms with Crippen molar-refractivity contribution >= 4 is 22.7 Å². The van der Waals surface area contributed by atoms with E-state index in [1.165, 1.54) is 0 Å². The van der Waals surface area contributed by atoms with E-state index in [1.807, 2.05) is 24.3 Å². The number of hydrogen-bond donors (Lipinski definition) is 3. The van der Waals surface area contributed by atoms with Gasteiger partial charge in [0.25, 0.3) is 0 Å². The molecule has 0 atom stereocenters. The minimum absolute atomic E-state index is 0.0708. The van der Waals surface area contributed by atoms with Gasteiger partial charge in [-0.05, 0) is 29.7 Å². The predicted octanol–water partition coefficient (Wildman–Crippen LogP) is 3.75. The van der Waals surface area contributed by atoms with E-state index < -0.39 is 4.92 Å². The van der Waals surface area contributed by atoms with Crippen LogP contribution in [0.1, 0.15) is 25.3 Å². The maximum Gasteiger partial charge on any atom is 0.316 e. The van der Waals surface area contributed by atoms with Crippen LogP contribution in [0.15, 0.2) is 42.5 Å². The zero-order valence-corrected chi connectivity index (χ0v) is 12.0. The molecule has 110 valence electrons. The van der Waals surface area contributed by atoms with Crippen LogP contribution in [0.25, 0.3) is 0 Å². The summed E-state index contributed by atoms with van der Waals surface area (Å²) in [6.45, 7) is 4.15. The highest BCUT2D eigenvalue weighted by Crippen LogP contribution is 2.36. The van der Waals surface area contributed by atoms with Crippen molar-refractivity contribution in [3.05, 3.63) is 58.1 Å². The molecule has 21 heavy (non-hydrogen) atoms. The van der Waals surface area contributed by atoms with Crippen molar-refractivity contribution in [1.82, 2.24) is 0 Å². The third-order valence-electron chi connectivity index (χ3n) is 3.23. The molecule has 0 aliphatic heterocycles. The van der Waals surface area contributed by atoms with Gasteiger partial charge in [-0.2, -0.15) is 0 Å². The lowest BCUT2D eigenvalue weighted by Crippen LogP contribution is -2.10. The van der Waals surface area contributed by atoms with Gasteiger partial charge in [0.15, 0.2) is 0 Å². The van der Waals surface area contributed by atoms with Crippen LogP contribution in [0.4, 0.5) is 22.7 Å². The molecule has 0 saturated heterocycles. The van der Waals surface area contributed by atoms with E-state index in [2.05, 4.69) is 24.6 Å². The average Bonchev–Trinajstić information content (AvgIpc) is 2.47. The molecule has 6 heteroatoms. The Morgan fingerprint density at radius 3 is 2.29 bits per heavy atom. The fourth-order valence-corrected chi connectivity index (χ4v) is 2.22. The first-order chi connectivity index (χ1) is 10.0. The number of benzene rings is 2. The van der Waals surface area contributed by atoms with Crippen molar-refractivity contribution in [1.29, 1.82) is 0 Å². The molecule has 2 aromatic rings. The van der Waals surface area contributed by atoms with Crippen molar-refractivity contribution < 1.29 is 4.92 Å². The number of nitro groups is 1. The van der Waals surface area contributed by atoms with Crippen LogP contribution in [0.3, 0.4) is 0 Å². The van der Waals surface area contributed by atoms with Crippen LogP contribution < -0.4 is 16.6 Å². The predicted molar refractivity (Wildman–Crippen MR) is 84.7 cm³/mol. The average molecular weight is 286 g/mol. The van der Waals surface area contributed by atoms with E-state index in [4.69, 9.17) is 5.84 Å². The molecule has 4 N–H and O–H groups in total. The zero-order valence-electron chi connectivity index (χ0n) is 12.0. The van der Waals surface area contributed by atoms with E-state index >= 15 is 0 Å². The van der Waals surface area contributed by atoms with Gasteiger partial charge >= 0.3 is 5.69 Å². The Hall–Kier alpha value is -2.60. The molecule has 0 spiro atoms. The topological polar surface area (TPSA) is 93.2 Å². The van der Waals surface area contributed by atoms with E-state index in [0.29, 0.717) is 11.6 Å². The molecule has 0 bridgehead atoms. The van der Waals surface area contributed by atoms with Gasteiger partial charge in [0, 0.05) is 5.69 Å². The highest BCUT2D eigenvalue weighted by Gasteiger charge is 2.20. The van der Waals surface area contributed by atoms with E-state index in [1.54, 1.807) is 18.2 Å². The van der Waals surface area contributed by atoms with Crippen LogP contribution in [0, 0.1) is 10.1 Å². The van der Waals surface area contributed by atoms with Gasteiger partial charge in [-0.1, -0.05) is 38.1 Å². The molecule has 0 radical (unpaired) electrons. The Morgan fingerprint density at radius 2 is 1.67 bits per heavy atom. The van der Waals surface area contributed by atoms with Gasteiger partial charge in [0.05, 0.1) is 4.92 Å². The summed E-state index contributed by atoms with van der Waals surface area (Å²) in [6, 6.07) is 12.7. The lowest BCUT2D eigenvalue weighted by molar-refractivity contribution is -0.383. The first-order valence-corrected chi connectivity index (χ1v) is 6.64. The van der Waals surface area contributed by atoms with Gasteiger partial charge in [-0.3, -0.25) is 16.0 Å². The molecule has 0 amide bonds. The second kappa shape index (κ2) is 6.23. The Labute approximate surface area is 123 Å². The standard InChI is InChI=1S/C15H18N4O2/c1-10(2)11-6-3-4-7-12(11)17-13-8-5-9-14(18-16)15(13)19(20)21/h3-10,17-18H,16H2,1-2H3. The minimum atomic E-state index is -0.449. The number of hydrogen-bond acceptors (Lipinski definition) is 5. The molecule has 2 aromatic carbocycles. The molecule has 0 unspecified atom stereocenters. The number of rotatable bonds is 5. The third kappa shape index (κ3) is 3.11. The maximum atomic E-state index is 11.3. The zero-order chi connectivity index (χ0) is 15.4. The molecular formula is C15H18N4O2. The fraction of sp³-hybridized carbons (Fsp3) is 0.200. The lowest BCUT2D eigenvalue weighted by Gasteiger charge is -2.15. The molecule has 0 saturated carbocycles.